The Morgan fingerprint density at radius 3 is 2.35 bits per heavy atom. The van der Waals surface area contributed by atoms with E-state index in [0.717, 1.165) is 31.2 Å². The average Bonchev–Trinajstić information content (AvgIpc) is 2.82. The van der Waals surface area contributed by atoms with Gasteiger partial charge in [-0.15, -0.1) is 0 Å². The molecule has 3 N–H and O–H groups in total. The van der Waals surface area contributed by atoms with Gasteiger partial charge >= 0.3 is 0 Å². The first-order chi connectivity index (χ1) is 16.1. The number of aliphatic hydroxyl groups is 1. The van der Waals surface area contributed by atoms with E-state index in [1.165, 1.54) is 20.2 Å². The topological polar surface area (TPSA) is 105 Å². The van der Waals surface area contributed by atoms with Crippen molar-refractivity contribution in [2.45, 2.75) is 89.6 Å². The largest absolute Gasteiger partial charge is 0.381 e. The van der Waals surface area contributed by atoms with Gasteiger partial charge in [0.1, 0.15) is 11.9 Å². The summed E-state index contributed by atoms with van der Waals surface area (Å²) in [5.74, 6) is -1.29. The standard InChI is InChI=1S/C26H43N2O5P/c1-19(2)17-22(27-24(29)16-15-20-11-7-5-8-12-20)25(30)28-23(26(31)34(4,32)33-3)18-21-13-9-6-10-14-21/h5,7-8,11-12,19,21-23,26,31H,6,9-10,13-18H2,1-4H3,(H,27,29)(H,28,30)/t22-,23-,26?,34?/m0/s1. The minimum atomic E-state index is -3.32. The minimum absolute atomic E-state index is 0.183. The molecule has 2 amide bonds. The predicted octanol–water partition coefficient (Wildman–Crippen LogP) is 4.48. The third kappa shape index (κ3) is 9.52. The van der Waals surface area contributed by atoms with Gasteiger partial charge < -0.3 is 20.3 Å². The van der Waals surface area contributed by atoms with Crippen LogP contribution in [-0.2, 0) is 25.1 Å². The highest BCUT2D eigenvalue weighted by Gasteiger charge is 2.37. The molecular formula is C26H43N2O5P. The van der Waals surface area contributed by atoms with Crippen molar-refractivity contribution in [3.8, 4) is 0 Å². The second kappa shape index (κ2) is 14.0. The summed E-state index contributed by atoms with van der Waals surface area (Å²) < 4.78 is 17.9. The van der Waals surface area contributed by atoms with Gasteiger partial charge in [0, 0.05) is 20.2 Å². The molecule has 8 heteroatoms. The summed E-state index contributed by atoms with van der Waals surface area (Å²) in [6.45, 7) is 5.39. The van der Waals surface area contributed by atoms with E-state index >= 15 is 0 Å². The fourth-order valence-electron chi connectivity index (χ4n) is 4.63. The molecule has 192 valence electrons. The van der Waals surface area contributed by atoms with Crippen molar-refractivity contribution in [3.05, 3.63) is 35.9 Å². The number of carbonyl (C=O) groups excluding carboxylic acids is 2. The number of amides is 2. The summed E-state index contributed by atoms with van der Waals surface area (Å²) in [6, 6.07) is 8.34. The van der Waals surface area contributed by atoms with Crippen molar-refractivity contribution in [1.29, 1.82) is 0 Å². The van der Waals surface area contributed by atoms with Crippen LogP contribution in [0.2, 0.25) is 0 Å². The van der Waals surface area contributed by atoms with Crippen LogP contribution in [0.25, 0.3) is 0 Å². The molecule has 0 saturated heterocycles. The van der Waals surface area contributed by atoms with Gasteiger partial charge in [0.2, 0.25) is 19.2 Å². The van der Waals surface area contributed by atoms with E-state index in [9.17, 15) is 19.3 Å². The zero-order valence-electron chi connectivity index (χ0n) is 21.2. The smallest absolute Gasteiger partial charge is 0.242 e. The highest BCUT2D eigenvalue weighted by Crippen LogP contribution is 2.48. The molecule has 1 saturated carbocycles. The summed E-state index contributed by atoms with van der Waals surface area (Å²) in [7, 11) is -2.00. The van der Waals surface area contributed by atoms with Crippen LogP contribution >= 0.6 is 7.37 Å². The van der Waals surface area contributed by atoms with Gasteiger partial charge in [-0.3, -0.25) is 14.2 Å². The van der Waals surface area contributed by atoms with Crippen LogP contribution in [0.15, 0.2) is 30.3 Å². The van der Waals surface area contributed by atoms with Crippen LogP contribution in [-0.4, -0.2) is 48.6 Å². The van der Waals surface area contributed by atoms with Crippen LogP contribution in [0.3, 0.4) is 0 Å². The second-order valence-electron chi connectivity index (χ2n) is 10.1. The molecule has 2 rings (SSSR count). The average molecular weight is 495 g/mol. The molecule has 0 aromatic heterocycles. The van der Waals surface area contributed by atoms with Crippen LogP contribution < -0.4 is 10.6 Å². The van der Waals surface area contributed by atoms with Gasteiger partial charge in [0.15, 0.2) is 0 Å². The molecule has 1 aromatic carbocycles. The van der Waals surface area contributed by atoms with Crippen molar-refractivity contribution in [2.24, 2.45) is 11.8 Å². The number of rotatable bonds is 13. The summed E-state index contributed by atoms with van der Waals surface area (Å²) in [6.07, 6.45) is 7.43. The minimum Gasteiger partial charge on any atom is -0.381 e. The summed E-state index contributed by atoms with van der Waals surface area (Å²) >= 11 is 0. The number of aliphatic hydroxyl groups excluding tert-OH is 1. The van der Waals surface area contributed by atoms with Crippen molar-refractivity contribution in [2.75, 3.05) is 13.8 Å². The van der Waals surface area contributed by atoms with Crippen LogP contribution in [0.5, 0.6) is 0 Å². The molecule has 2 unspecified atom stereocenters. The Morgan fingerprint density at radius 1 is 1.12 bits per heavy atom. The Labute approximate surface area is 204 Å². The van der Waals surface area contributed by atoms with Crippen LogP contribution in [0.1, 0.15) is 70.8 Å². The molecule has 0 spiro atoms. The lowest BCUT2D eigenvalue weighted by molar-refractivity contribution is -0.130. The lowest BCUT2D eigenvalue weighted by Crippen LogP contribution is -2.53. The van der Waals surface area contributed by atoms with E-state index in [1.807, 2.05) is 44.2 Å². The number of benzene rings is 1. The Hall–Kier alpha value is -1.69. The molecular weight excluding hydrogens is 451 g/mol. The van der Waals surface area contributed by atoms with E-state index in [2.05, 4.69) is 10.6 Å². The summed E-state index contributed by atoms with van der Waals surface area (Å²) in [5, 5.41) is 16.7. The first-order valence-corrected chi connectivity index (χ1v) is 14.7. The SMILES string of the molecule is COP(C)(=O)C(O)[C@H](CC1CCCCC1)NC(=O)[C@H](CC(C)C)NC(=O)CCc1ccccc1. The molecule has 7 nitrogen and oxygen atoms in total. The van der Waals surface area contributed by atoms with E-state index in [4.69, 9.17) is 4.52 Å². The molecule has 0 heterocycles. The molecule has 0 bridgehead atoms. The summed E-state index contributed by atoms with van der Waals surface area (Å²) in [5.41, 5.74) is 1.07. The third-order valence-corrected chi connectivity index (χ3v) is 8.73. The monoisotopic (exact) mass is 494 g/mol. The molecule has 1 fully saturated rings. The molecule has 0 radical (unpaired) electrons. The zero-order chi connectivity index (χ0) is 25.1. The number of hydrogen-bond acceptors (Lipinski definition) is 5. The Kier molecular flexibility index (Phi) is 11.8. The quantitative estimate of drug-likeness (QED) is 0.351. The first kappa shape index (κ1) is 28.5. The van der Waals surface area contributed by atoms with Gasteiger partial charge in [-0.05, 0) is 36.7 Å². The van der Waals surface area contributed by atoms with Crippen LogP contribution in [0, 0.1) is 11.8 Å². The molecule has 34 heavy (non-hydrogen) atoms. The van der Waals surface area contributed by atoms with Crippen LogP contribution in [0.4, 0.5) is 0 Å². The maximum Gasteiger partial charge on any atom is 0.242 e. The fourth-order valence-corrected chi connectivity index (χ4v) is 5.69. The number of carbonyl (C=O) groups is 2. The zero-order valence-corrected chi connectivity index (χ0v) is 22.1. The Balaban J connectivity index is 2.07. The van der Waals surface area contributed by atoms with Gasteiger partial charge in [-0.2, -0.15) is 0 Å². The maximum atomic E-state index is 13.3. The fraction of sp³-hybridized carbons (Fsp3) is 0.692. The van der Waals surface area contributed by atoms with E-state index in [0.29, 0.717) is 25.2 Å². The second-order valence-corrected chi connectivity index (χ2v) is 12.8. The third-order valence-electron chi connectivity index (χ3n) is 6.68. The van der Waals surface area contributed by atoms with Crippen molar-refractivity contribution in [1.82, 2.24) is 10.6 Å². The molecule has 4 atom stereocenters. The number of hydrogen-bond donors (Lipinski definition) is 3. The van der Waals surface area contributed by atoms with Crippen molar-refractivity contribution < 1.29 is 23.8 Å². The van der Waals surface area contributed by atoms with E-state index < -0.39 is 25.3 Å². The Bertz CT molecular complexity index is 811. The molecule has 1 aliphatic carbocycles. The predicted molar refractivity (Wildman–Crippen MR) is 136 cm³/mol. The van der Waals surface area contributed by atoms with Crippen molar-refractivity contribution >= 4 is 19.2 Å². The van der Waals surface area contributed by atoms with E-state index in [1.54, 1.807) is 0 Å². The first-order valence-electron chi connectivity index (χ1n) is 12.6. The van der Waals surface area contributed by atoms with E-state index in [-0.39, 0.29) is 24.2 Å². The van der Waals surface area contributed by atoms with Gasteiger partial charge in [0.25, 0.3) is 0 Å². The summed E-state index contributed by atoms with van der Waals surface area (Å²) in [4.78, 5) is 25.9. The molecule has 0 aliphatic heterocycles. The lowest BCUT2D eigenvalue weighted by Gasteiger charge is -2.33. The highest BCUT2D eigenvalue weighted by molar-refractivity contribution is 7.58. The Morgan fingerprint density at radius 2 is 1.76 bits per heavy atom. The lowest BCUT2D eigenvalue weighted by atomic mass is 9.85. The highest BCUT2D eigenvalue weighted by atomic mass is 31.2. The van der Waals surface area contributed by atoms with Gasteiger partial charge in [-0.1, -0.05) is 76.3 Å². The van der Waals surface area contributed by atoms with Gasteiger partial charge in [0.05, 0.1) is 6.04 Å². The number of nitrogens with one attached hydrogen (secondary N) is 2. The normalized spacial score (nSPS) is 19.1. The molecule has 1 aromatic rings. The van der Waals surface area contributed by atoms with Crippen molar-refractivity contribution in [3.63, 3.8) is 0 Å². The number of aryl methyl sites for hydroxylation is 1. The molecule has 1 aliphatic rings. The maximum absolute atomic E-state index is 13.3. The van der Waals surface area contributed by atoms with Gasteiger partial charge in [-0.25, -0.2) is 0 Å².